The van der Waals surface area contributed by atoms with Crippen LogP contribution in [-0.2, 0) is 17.9 Å². The minimum Gasteiger partial charge on any atom is -0.494 e. The number of hydrogen-bond acceptors (Lipinski definition) is 6. The van der Waals surface area contributed by atoms with Gasteiger partial charge in [-0.1, -0.05) is 17.8 Å². The second-order valence-corrected chi connectivity index (χ2v) is 7.99. The molecule has 3 aromatic rings. The Balaban J connectivity index is 1.55. The van der Waals surface area contributed by atoms with Gasteiger partial charge in [0.2, 0.25) is 5.91 Å². The summed E-state index contributed by atoms with van der Waals surface area (Å²) >= 11 is 1.35. The standard InChI is InChI=1S/C23H28N4O3S/c1-5-27-21(14-30-20-12-16(3)11-17(4)13-20)25-26-23(27)31-15-22(28)24-18-7-9-19(10-8-18)29-6-2/h7-13H,5-6,14-15H2,1-4H3,(H,24,28). The van der Waals surface area contributed by atoms with Crippen molar-refractivity contribution in [3.05, 3.63) is 59.4 Å². The average molecular weight is 441 g/mol. The van der Waals surface area contributed by atoms with E-state index in [1.165, 1.54) is 11.8 Å². The predicted molar refractivity (Wildman–Crippen MR) is 123 cm³/mol. The van der Waals surface area contributed by atoms with E-state index in [-0.39, 0.29) is 11.7 Å². The van der Waals surface area contributed by atoms with Crippen molar-refractivity contribution >= 4 is 23.4 Å². The van der Waals surface area contributed by atoms with Gasteiger partial charge in [-0.15, -0.1) is 10.2 Å². The molecule has 31 heavy (non-hydrogen) atoms. The van der Waals surface area contributed by atoms with Gasteiger partial charge in [-0.3, -0.25) is 4.79 Å². The van der Waals surface area contributed by atoms with E-state index in [1.54, 1.807) is 0 Å². The molecule has 0 aliphatic rings. The predicted octanol–water partition coefficient (Wildman–Crippen LogP) is 4.62. The highest BCUT2D eigenvalue weighted by Crippen LogP contribution is 2.21. The maximum atomic E-state index is 12.3. The van der Waals surface area contributed by atoms with E-state index >= 15 is 0 Å². The molecule has 0 fully saturated rings. The van der Waals surface area contributed by atoms with Crippen molar-refractivity contribution in [1.29, 1.82) is 0 Å². The van der Waals surface area contributed by atoms with Crippen LogP contribution in [0, 0.1) is 13.8 Å². The molecular weight excluding hydrogens is 412 g/mol. The molecule has 164 valence electrons. The third kappa shape index (κ3) is 6.49. The Morgan fingerprint density at radius 2 is 1.71 bits per heavy atom. The van der Waals surface area contributed by atoms with E-state index in [1.807, 2.05) is 68.7 Å². The zero-order valence-corrected chi connectivity index (χ0v) is 19.2. The SMILES string of the molecule is CCOc1ccc(NC(=O)CSc2nnc(COc3cc(C)cc(C)c3)n2CC)cc1. The van der Waals surface area contributed by atoms with Crippen molar-refractivity contribution in [2.75, 3.05) is 17.7 Å². The molecule has 0 spiro atoms. The Bertz CT molecular complexity index is 998. The van der Waals surface area contributed by atoms with Gasteiger partial charge in [-0.05, 0) is 75.2 Å². The summed E-state index contributed by atoms with van der Waals surface area (Å²) in [5.41, 5.74) is 3.04. The third-order valence-electron chi connectivity index (χ3n) is 4.45. The number of aryl methyl sites for hydroxylation is 2. The maximum Gasteiger partial charge on any atom is 0.234 e. The summed E-state index contributed by atoms with van der Waals surface area (Å²) in [5.74, 6) is 2.46. The van der Waals surface area contributed by atoms with Gasteiger partial charge in [0, 0.05) is 12.2 Å². The highest BCUT2D eigenvalue weighted by Gasteiger charge is 2.14. The first-order valence-electron chi connectivity index (χ1n) is 10.3. The van der Waals surface area contributed by atoms with Crippen LogP contribution in [0.3, 0.4) is 0 Å². The van der Waals surface area contributed by atoms with E-state index in [0.29, 0.717) is 24.9 Å². The smallest absolute Gasteiger partial charge is 0.234 e. The van der Waals surface area contributed by atoms with Crippen molar-refractivity contribution < 1.29 is 14.3 Å². The summed E-state index contributed by atoms with van der Waals surface area (Å²) in [6.07, 6.45) is 0. The van der Waals surface area contributed by atoms with Gasteiger partial charge in [0.05, 0.1) is 12.4 Å². The molecule has 1 heterocycles. The number of thioether (sulfide) groups is 1. The lowest BCUT2D eigenvalue weighted by Crippen LogP contribution is -2.15. The first kappa shape index (κ1) is 22.7. The molecule has 0 saturated carbocycles. The van der Waals surface area contributed by atoms with Crippen LogP contribution in [0.1, 0.15) is 30.8 Å². The second kappa shape index (κ2) is 10.9. The van der Waals surface area contributed by atoms with Gasteiger partial charge >= 0.3 is 0 Å². The topological polar surface area (TPSA) is 78.3 Å². The number of hydrogen-bond donors (Lipinski definition) is 1. The number of amides is 1. The minimum atomic E-state index is -0.104. The molecule has 0 aliphatic carbocycles. The van der Waals surface area contributed by atoms with Crippen LogP contribution in [0.4, 0.5) is 5.69 Å². The number of benzene rings is 2. The molecule has 1 aromatic heterocycles. The molecule has 0 atom stereocenters. The Kier molecular flexibility index (Phi) is 7.94. The molecule has 3 rings (SSSR count). The Morgan fingerprint density at radius 1 is 1.00 bits per heavy atom. The van der Waals surface area contributed by atoms with Gasteiger partial charge in [0.25, 0.3) is 0 Å². The van der Waals surface area contributed by atoms with Crippen molar-refractivity contribution in [1.82, 2.24) is 14.8 Å². The number of rotatable bonds is 10. The maximum absolute atomic E-state index is 12.3. The molecule has 1 N–H and O–H groups in total. The Morgan fingerprint density at radius 3 is 2.35 bits per heavy atom. The lowest BCUT2D eigenvalue weighted by atomic mass is 10.1. The zero-order chi connectivity index (χ0) is 22.2. The van der Waals surface area contributed by atoms with Crippen LogP contribution in [0.2, 0.25) is 0 Å². The summed E-state index contributed by atoms with van der Waals surface area (Å²) in [6.45, 7) is 9.67. The van der Waals surface area contributed by atoms with Gasteiger partial charge < -0.3 is 19.4 Å². The zero-order valence-electron chi connectivity index (χ0n) is 18.3. The third-order valence-corrected chi connectivity index (χ3v) is 5.42. The molecule has 1 amide bonds. The summed E-state index contributed by atoms with van der Waals surface area (Å²) < 4.78 is 13.3. The summed E-state index contributed by atoms with van der Waals surface area (Å²) in [4.78, 5) is 12.3. The van der Waals surface area contributed by atoms with E-state index < -0.39 is 0 Å². The average Bonchev–Trinajstić information content (AvgIpc) is 3.13. The highest BCUT2D eigenvalue weighted by molar-refractivity contribution is 7.99. The first-order chi connectivity index (χ1) is 15.0. The van der Waals surface area contributed by atoms with Crippen LogP contribution in [-0.4, -0.2) is 33.0 Å². The van der Waals surface area contributed by atoms with E-state index in [9.17, 15) is 4.79 Å². The quantitative estimate of drug-likeness (QED) is 0.464. The molecule has 2 aromatic carbocycles. The molecule has 0 saturated heterocycles. The molecular formula is C23H28N4O3S. The lowest BCUT2D eigenvalue weighted by Gasteiger charge is -2.10. The number of aromatic nitrogens is 3. The minimum absolute atomic E-state index is 0.104. The molecule has 0 radical (unpaired) electrons. The van der Waals surface area contributed by atoms with Crippen LogP contribution < -0.4 is 14.8 Å². The normalized spacial score (nSPS) is 10.7. The fourth-order valence-corrected chi connectivity index (χ4v) is 3.96. The number of carbonyl (C=O) groups is 1. The molecule has 0 bridgehead atoms. The van der Waals surface area contributed by atoms with E-state index in [2.05, 4.69) is 21.6 Å². The summed E-state index contributed by atoms with van der Waals surface area (Å²) in [7, 11) is 0. The molecule has 7 nitrogen and oxygen atoms in total. The van der Waals surface area contributed by atoms with Gasteiger partial charge in [0.15, 0.2) is 11.0 Å². The van der Waals surface area contributed by atoms with Gasteiger partial charge in [-0.25, -0.2) is 0 Å². The fraction of sp³-hybridized carbons (Fsp3) is 0.348. The Hall–Kier alpha value is -3.00. The van der Waals surface area contributed by atoms with E-state index in [0.717, 1.165) is 34.1 Å². The molecule has 8 heteroatoms. The second-order valence-electron chi connectivity index (χ2n) is 7.05. The number of nitrogens with one attached hydrogen (secondary N) is 1. The number of carbonyl (C=O) groups excluding carboxylic acids is 1. The van der Waals surface area contributed by atoms with Crippen molar-refractivity contribution in [3.63, 3.8) is 0 Å². The lowest BCUT2D eigenvalue weighted by molar-refractivity contribution is -0.113. The van der Waals surface area contributed by atoms with Crippen LogP contribution in [0.25, 0.3) is 0 Å². The van der Waals surface area contributed by atoms with Gasteiger partial charge in [0.1, 0.15) is 18.1 Å². The van der Waals surface area contributed by atoms with Crippen LogP contribution >= 0.6 is 11.8 Å². The Labute approximate surface area is 187 Å². The number of ether oxygens (including phenoxy) is 2. The van der Waals surface area contributed by atoms with E-state index in [4.69, 9.17) is 9.47 Å². The molecule has 0 unspecified atom stereocenters. The van der Waals surface area contributed by atoms with Crippen molar-refractivity contribution in [2.45, 2.75) is 46.0 Å². The van der Waals surface area contributed by atoms with Crippen molar-refractivity contribution in [3.8, 4) is 11.5 Å². The number of anilines is 1. The molecule has 0 aliphatic heterocycles. The van der Waals surface area contributed by atoms with Crippen molar-refractivity contribution in [2.24, 2.45) is 0 Å². The highest BCUT2D eigenvalue weighted by atomic mass is 32.2. The summed E-state index contributed by atoms with van der Waals surface area (Å²) in [6, 6.07) is 13.4. The monoisotopic (exact) mass is 440 g/mol. The number of nitrogens with zero attached hydrogens (tertiary/aromatic N) is 3. The van der Waals surface area contributed by atoms with Gasteiger partial charge in [-0.2, -0.15) is 0 Å². The fourth-order valence-electron chi connectivity index (χ4n) is 3.14. The van der Waals surface area contributed by atoms with Crippen LogP contribution in [0.15, 0.2) is 47.6 Å². The summed E-state index contributed by atoms with van der Waals surface area (Å²) in [5, 5.41) is 12.1. The largest absolute Gasteiger partial charge is 0.494 e. The first-order valence-corrected chi connectivity index (χ1v) is 11.3. The van der Waals surface area contributed by atoms with Crippen LogP contribution in [0.5, 0.6) is 11.5 Å².